The molecule has 1 spiro atoms. The van der Waals surface area contributed by atoms with Crippen molar-refractivity contribution >= 4 is 16.6 Å². The Morgan fingerprint density at radius 2 is 2.08 bits per heavy atom. The molecule has 7 heteroatoms. The van der Waals surface area contributed by atoms with Gasteiger partial charge in [-0.1, -0.05) is 0 Å². The zero-order valence-corrected chi connectivity index (χ0v) is 13.1. The third-order valence-corrected chi connectivity index (χ3v) is 4.45. The highest BCUT2D eigenvalue weighted by molar-refractivity contribution is 5.91. The van der Waals surface area contributed by atoms with Crippen molar-refractivity contribution in [3.8, 4) is 0 Å². The highest BCUT2D eigenvalue weighted by Crippen LogP contribution is 2.33. The van der Waals surface area contributed by atoms with E-state index in [0.29, 0.717) is 37.4 Å². The third kappa shape index (κ3) is 2.94. The van der Waals surface area contributed by atoms with Crippen LogP contribution in [0.3, 0.4) is 0 Å². The van der Waals surface area contributed by atoms with E-state index in [1.54, 1.807) is 6.07 Å². The highest BCUT2D eigenvalue weighted by atomic mass is 19.1. The van der Waals surface area contributed by atoms with E-state index in [-0.39, 0.29) is 11.6 Å². The second kappa shape index (κ2) is 6.23. The smallest absolute Gasteiger partial charge is 0.173 e. The number of aromatic nitrogens is 1. The van der Waals surface area contributed by atoms with Gasteiger partial charge in [-0.2, -0.15) is 0 Å². The van der Waals surface area contributed by atoms with Crippen LogP contribution in [0.2, 0.25) is 0 Å². The molecular weight excluding hydrogens is 318 g/mol. The van der Waals surface area contributed by atoms with Crippen molar-refractivity contribution in [1.29, 1.82) is 0 Å². The van der Waals surface area contributed by atoms with E-state index in [2.05, 4.69) is 10.3 Å². The predicted molar refractivity (Wildman–Crippen MR) is 83.8 cm³/mol. The highest BCUT2D eigenvalue weighted by Gasteiger charge is 2.42. The Morgan fingerprint density at radius 1 is 1.25 bits per heavy atom. The van der Waals surface area contributed by atoms with Gasteiger partial charge in [-0.3, -0.25) is 4.98 Å². The maximum absolute atomic E-state index is 13.8. The van der Waals surface area contributed by atoms with Crippen LogP contribution in [0.4, 0.5) is 14.5 Å². The molecule has 5 nitrogen and oxygen atoms in total. The van der Waals surface area contributed by atoms with Crippen molar-refractivity contribution in [1.82, 2.24) is 4.98 Å². The van der Waals surface area contributed by atoms with Crippen LogP contribution in [0.5, 0.6) is 0 Å². The van der Waals surface area contributed by atoms with Crippen LogP contribution in [0.15, 0.2) is 24.4 Å². The average molecular weight is 336 g/mol. The van der Waals surface area contributed by atoms with E-state index in [4.69, 9.17) is 14.2 Å². The maximum atomic E-state index is 13.8. The van der Waals surface area contributed by atoms with Crippen LogP contribution in [0, 0.1) is 11.6 Å². The summed E-state index contributed by atoms with van der Waals surface area (Å²) in [6, 6.07) is 3.81. The van der Waals surface area contributed by atoms with Crippen LogP contribution in [-0.2, 0) is 14.2 Å². The lowest BCUT2D eigenvalue weighted by atomic mass is 10.1. The largest absolute Gasteiger partial charge is 0.382 e. The fourth-order valence-electron chi connectivity index (χ4n) is 3.22. The van der Waals surface area contributed by atoms with E-state index < -0.39 is 17.4 Å². The van der Waals surface area contributed by atoms with Crippen LogP contribution in [-0.4, -0.2) is 43.2 Å². The van der Waals surface area contributed by atoms with Crippen molar-refractivity contribution in [3.05, 3.63) is 36.0 Å². The van der Waals surface area contributed by atoms with Gasteiger partial charge in [0.05, 0.1) is 19.8 Å². The number of nitrogens with zero attached hydrogens (tertiary/aromatic N) is 1. The number of benzene rings is 1. The number of halogens is 2. The van der Waals surface area contributed by atoms with Gasteiger partial charge in [0.15, 0.2) is 11.6 Å². The summed E-state index contributed by atoms with van der Waals surface area (Å²) in [6.07, 6.45) is 2.82. The van der Waals surface area contributed by atoms with Gasteiger partial charge >= 0.3 is 0 Å². The molecule has 1 aromatic carbocycles. The molecule has 0 radical (unpaired) electrons. The minimum absolute atomic E-state index is 0.121. The van der Waals surface area contributed by atoms with E-state index in [9.17, 15) is 8.78 Å². The first-order chi connectivity index (χ1) is 11.7. The Morgan fingerprint density at radius 3 is 2.92 bits per heavy atom. The molecule has 1 N–H and O–H groups in total. The van der Waals surface area contributed by atoms with Gasteiger partial charge in [0.2, 0.25) is 0 Å². The van der Waals surface area contributed by atoms with Crippen molar-refractivity contribution in [2.45, 2.75) is 24.7 Å². The Kier molecular flexibility index (Phi) is 4.07. The summed E-state index contributed by atoms with van der Waals surface area (Å²) in [5.74, 6) is -1.84. The molecule has 24 heavy (non-hydrogen) atoms. The number of pyridine rings is 1. The van der Waals surface area contributed by atoms with Crippen molar-refractivity contribution in [2.75, 3.05) is 31.7 Å². The molecule has 2 aliphatic heterocycles. The molecule has 2 aromatic rings. The SMILES string of the molecule is Fc1cc(F)c2nccc(NC[C@H]3COC4(CCOCC4)O3)c2c1. The summed E-state index contributed by atoms with van der Waals surface area (Å²) < 4.78 is 44.5. The lowest BCUT2D eigenvalue weighted by Gasteiger charge is -2.31. The van der Waals surface area contributed by atoms with Crippen molar-refractivity contribution in [3.63, 3.8) is 0 Å². The van der Waals surface area contributed by atoms with Crippen LogP contribution in [0.1, 0.15) is 12.8 Å². The molecule has 2 saturated heterocycles. The summed E-state index contributed by atoms with van der Waals surface area (Å²) in [6.45, 7) is 2.24. The van der Waals surface area contributed by atoms with E-state index in [1.807, 2.05) is 0 Å². The van der Waals surface area contributed by atoms with E-state index >= 15 is 0 Å². The molecule has 3 heterocycles. The summed E-state index contributed by atoms with van der Waals surface area (Å²) in [5.41, 5.74) is 0.765. The van der Waals surface area contributed by atoms with Gasteiger partial charge in [-0.05, 0) is 12.1 Å². The molecule has 0 bridgehead atoms. The van der Waals surface area contributed by atoms with Gasteiger partial charge in [0.25, 0.3) is 0 Å². The normalized spacial score (nSPS) is 23.0. The maximum Gasteiger partial charge on any atom is 0.173 e. The van der Waals surface area contributed by atoms with Gasteiger partial charge < -0.3 is 19.5 Å². The predicted octanol–water partition coefficient (Wildman–Crippen LogP) is 2.85. The summed E-state index contributed by atoms with van der Waals surface area (Å²) >= 11 is 0. The molecule has 0 aliphatic carbocycles. The molecule has 4 rings (SSSR count). The zero-order chi connectivity index (χ0) is 16.6. The lowest BCUT2D eigenvalue weighted by molar-refractivity contribution is -0.209. The molecule has 0 unspecified atom stereocenters. The molecule has 1 aromatic heterocycles. The molecule has 2 fully saturated rings. The fourth-order valence-corrected chi connectivity index (χ4v) is 3.22. The van der Waals surface area contributed by atoms with Gasteiger partial charge in [-0.25, -0.2) is 8.78 Å². The molecule has 0 amide bonds. The Labute approximate surface area is 137 Å². The van der Waals surface area contributed by atoms with E-state index in [0.717, 1.165) is 18.9 Å². The average Bonchev–Trinajstić information content (AvgIpc) is 2.96. The number of anilines is 1. The van der Waals surface area contributed by atoms with E-state index in [1.165, 1.54) is 12.3 Å². The number of hydrogen-bond donors (Lipinski definition) is 1. The topological polar surface area (TPSA) is 52.6 Å². The van der Waals surface area contributed by atoms with Crippen LogP contribution >= 0.6 is 0 Å². The summed E-state index contributed by atoms with van der Waals surface area (Å²) in [4.78, 5) is 3.98. The number of hydrogen-bond acceptors (Lipinski definition) is 5. The Hall–Kier alpha value is -1.83. The Balaban J connectivity index is 1.48. The fraction of sp³-hybridized carbons (Fsp3) is 0.471. The van der Waals surface area contributed by atoms with Crippen LogP contribution < -0.4 is 5.32 Å². The first kappa shape index (κ1) is 15.7. The monoisotopic (exact) mass is 336 g/mol. The first-order valence-corrected chi connectivity index (χ1v) is 8.02. The summed E-state index contributed by atoms with van der Waals surface area (Å²) in [5, 5.41) is 3.61. The minimum atomic E-state index is -0.671. The van der Waals surface area contributed by atoms with Crippen LogP contribution in [0.25, 0.3) is 10.9 Å². The molecule has 1 atom stereocenters. The molecule has 0 saturated carbocycles. The lowest BCUT2D eigenvalue weighted by Crippen LogP contribution is -2.38. The zero-order valence-electron chi connectivity index (χ0n) is 13.1. The third-order valence-electron chi connectivity index (χ3n) is 4.45. The second-order valence-corrected chi connectivity index (χ2v) is 6.10. The van der Waals surface area contributed by atoms with Gasteiger partial charge in [-0.15, -0.1) is 0 Å². The first-order valence-electron chi connectivity index (χ1n) is 8.02. The molecular formula is C17H18F2N2O3. The standard InChI is InChI=1S/C17H18F2N2O3/c18-11-7-13-15(1-4-20-16(13)14(19)8-11)21-9-12-10-23-17(24-12)2-5-22-6-3-17/h1,4,7-8,12H,2-3,5-6,9-10H2,(H,20,21)/t12-/m0/s1. The number of ether oxygens (including phenoxy) is 3. The van der Waals surface area contributed by atoms with Crippen molar-refractivity contribution < 1.29 is 23.0 Å². The van der Waals surface area contributed by atoms with Gasteiger partial charge in [0, 0.05) is 42.7 Å². The Bertz CT molecular complexity index is 750. The summed E-state index contributed by atoms with van der Waals surface area (Å²) in [7, 11) is 0. The quantitative estimate of drug-likeness (QED) is 0.934. The second-order valence-electron chi connectivity index (χ2n) is 6.10. The van der Waals surface area contributed by atoms with Gasteiger partial charge in [0.1, 0.15) is 17.4 Å². The molecule has 128 valence electrons. The minimum Gasteiger partial charge on any atom is -0.382 e. The number of nitrogens with one attached hydrogen (secondary N) is 1. The number of rotatable bonds is 3. The van der Waals surface area contributed by atoms with Crippen molar-refractivity contribution in [2.24, 2.45) is 0 Å². The molecule has 2 aliphatic rings. The number of fused-ring (bicyclic) bond motifs is 1.